The third kappa shape index (κ3) is 8.14. The lowest BCUT2D eigenvalue weighted by atomic mass is 9.81. The molecule has 0 bridgehead atoms. The first-order valence-corrected chi connectivity index (χ1v) is 19.8. The molecular formula is C47H54N7O+. The van der Waals surface area contributed by atoms with Crippen LogP contribution in [0.25, 0.3) is 11.4 Å². The summed E-state index contributed by atoms with van der Waals surface area (Å²) >= 11 is 0. The summed E-state index contributed by atoms with van der Waals surface area (Å²) in [5.41, 5.74) is 12.5. The van der Waals surface area contributed by atoms with Gasteiger partial charge in [-0.3, -0.25) is 4.79 Å². The summed E-state index contributed by atoms with van der Waals surface area (Å²) in [5.74, 6) is 1.11. The van der Waals surface area contributed by atoms with Crippen molar-refractivity contribution in [2.75, 3.05) is 18.5 Å². The highest BCUT2D eigenvalue weighted by Gasteiger charge is 2.42. The second-order valence-corrected chi connectivity index (χ2v) is 16.1. The lowest BCUT2D eigenvalue weighted by Gasteiger charge is -2.27. The van der Waals surface area contributed by atoms with Crippen LogP contribution in [0.4, 0.5) is 11.4 Å². The lowest BCUT2D eigenvalue weighted by molar-refractivity contribution is -0.401. The van der Waals surface area contributed by atoms with Crippen LogP contribution in [0.2, 0.25) is 0 Å². The zero-order chi connectivity index (χ0) is 38.6. The molecule has 0 saturated carbocycles. The van der Waals surface area contributed by atoms with Gasteiger partial charge in [-0.15, -0.1) is 20.4 Å². The number of hydrogen-bond donors (Lipinski definition) is 1. The van der Waals surface area contributed by atoms with Crippen LogP contribution in [0.1, 0.15) is 95.2 Å². The van der Waals surface area contributed by atoms with E-state index in [4.69, 9.17) is 0 Å². The molecule has 1 N–H and O–H groups in total. The number of nitrogens with one attached hydrogen (secondary N) is 1. The maximum absolute atomic E-state index is 12.7. The Morgan fingerprint density at radius 3 is 2.31 bits per heavy atom. The van der Waals surface area contributed by atoms with Crippen molar-refractivity contribution >= 4 is 23.0 Å². The first-order valence-electron chi connectivity index (χ1n) is 19.8. The van der Waals surface area contributed by atoms with Crippen LogP contribution in [0, 0.1) is 6.92 Å². The first-order chi connectivity index (χ1) is 26.5. The van der Waals surface area contributed by atoms with E-state index in [9.17, 15) is 4.79 Å². The molecule has 7 rings (SSSR count). The predicted octanol–water partition coefficient (Wildman–Crippen LogP) is 9.40. The van der Waals surface area contributed by atoms with E-state index in [1.54, 1.807) is 6.92 Å². The number of carbonyl (C=O) groups is 1. The SMILES string of the molecule is Cc1nnc(-c2ccc(CNC(=O)CCCCCN3/C(=C\C=C4C=C(/C=C/C5=[N+](C)c6ccccc6C5(C)C)CCC\4)C(C)(C)c4ccccc43)cc2)nn1. The van der Waals surface area contributed by atoms with Gasteiger partial charge in [0.05, 0.1) is 5.41 Å². The summed E-state index contributed by atoms with van der Waals surface area (Å²) < 4.78 is 2.35. The number of anilines is 1. The van der Waals surface area contributed by atoms with Gasteiger partial charge in [0.25, 0.3) is 0 Å². The first kappa shape index (κ1) is 37.8. The molecule has 8 nitrogen and oxygen atoms in total. The second-order valence-electron chi connectivity index (χ2n) is 16.1. The lowest BCUT2D eigenvalue weighted by Crippen LogP contribution is -2.27. The van der Waals surface area contributed by atoms with Gasteiger partial charge in [0, 0.05) is 59.6 Å². The molecule has 3 aliphatic rings. The molecule has 0 atom stereocenters. The molecule has 0 radical (unpaired) electrons. The molecule has 0 unspecified atom stereocenters. The Morgan fingerprint density at radius 2 is 1.55 bits per heavy atom. The van der Waals surface area contributed by atoms with E-state index in [2.05, 4.69) is 149 Å². The molecule has 2 aliphatic heterocycles. The second kappa shape index (κ2) is 16.1. The average Bonchev–Trinajstić information content (AvgIpc) is 3.53. The smallest absolute Gasteiger partial charge is 0.220 e. The van der Waals surface area contributed by atoms with Crippen LogP contribution in [-0.4, -0.2) is 50.2 Å². The van der Waals surface area contributed by atoms with Crippen molar-refractivity contribution in [3.05, 3.63) is 143 Å². The van der Waals surface area contributed by atoms with Gasteiger partial charge in [-0.1, -0.05) is 99.2 Å². The summed E-state index contributed by atoms with van der Waals surface area (Å²) in [6, 6.07) is 25.4. The monoisotopic (exact) mass is 732 g/mol. The van der Waals surface area contributed by atoms with Gasteiger partial charge in [0.1, 0.15) is 7.05 Å². The van der Waals surface area contributed by atoms with Crippen molar-refractivity contribution in [1.29, 1.82) is 0 Å². The van der Waals surface area contributed by atoms with E-state index in [0.29, 0.717) is 24.6 Å². The maximum atomic E-state index is 12.7. The highest BCUT2D eigenvalue weighted by atomic mass is 16.1. The Bertz CT molecular complexity index is 2200. The molecule has 0 spiro atoms. The number of aryl methyl sites for hydroxylation is 1. The minimum atomic E-state index is -0.0991. The van der Waals surface area contributed by atoms with E-state index >= 15 is 0 Å². The maximum Gasteiger partial charge on any atom is 0.220 e. The Morgan fingerprint density at radius 1 is 0.818 bits per heavy atom. The number of hydrogen-bond acceptors (Lipinski definition) is 6. The Balaban J connectivity index is 0.954. The Hall–Kier alpha value is -5.50. The minimum absolute atomic E-state index is 0.0248. The molecule has 0 fully saturated rings. The number of carbonyl (C=O) groups excluding carboxylic acids is 1. The number of aromatic nitrogens is 4. The number of allylic oxidation sites excluding steroid dienone is 8. The van der Waals surface area contributed by atoms with Gasteiger partial charge in [-0.2, -0.15) is 4.58 Å². The molecular weight excluding hydrogens is 679 g/mol. The fourth-order valence-electron chi connectivity index (χ4n) is 8.39. The van der Waals surface area contributed by atoms with Crippen molar-refractivity contribution in [2.24, 2.45) is 0 Å². The van der Waals surface area contributed by atoms with E-state index in [1.807, 2.05) is 24.3 Å². The molecule has 55 heavy (non-hydrogen) atoms. The predicted molar refractivity (Wildman–Crippen MR) is 222 cm³/mol. The number of unbranched alkanes of at least 4 members (excludes halogenated alkanes) is 2. The standard InChI is InChI=1S/C47H53N7O/c1-33-49-51-45(52-50-33)37-26-22-36(23-27-37)32-48-44(55)21-8-7-13-30-54-41-20-12-10-18-39(41)47(4,5)43(54)29-25-35-16-14-15-34(31-35)24-28-42-46(2,3)38-17-9-11-19-40(38)53(42)6/h9-12,17-20,22-29,31H,7-8,13-16,21,30,32H2,1-6H3/p+1. The van der Waals surface area contributed by atoms with Crippen molar-refractivity contribution in [2.45, 2.75) is 96.9 Å². The molecule has 282 valence electrons. The average molecular weight is 733 g/mol. The van der Waals surface area contributed by atoms with Crippen molar-refractivity contribution in [1.82, 2.24) is 25.7 Å². The Kier molecular flexibility index (Phi) is 11.0. The van der Waals surface area contributed by atoms with Gasteiger partial charge in [-0.05, 0) is 87.3 Å². The topological polar surface area (TPSA) is 86.9 Å². The molecule has 4 aromatic rings. The fourth-order valence-corrected chi connectivity index (χ4v) is 8.39. The molecule has 1 aromatic heterocycles. The normalized spacial score (nSPS) is 18.6. The zero-order valence-corrected chi connectivity index (χ0v) is 33.3. The van der Waals surface area contributed by atoms with E-state index in [-0.39, 0.29) is 16.7 Å². The summed E-state index contributed by atoms with van der Waals surface area (Å²) in [5, 5.41) is 19.2. The molecule has 1 amide bonds. The third-order valence-electron chi connectivity index (χ3n) is 11.5. The summed E-state index contributed by atoms with van der Waals surface area (Å²) in [6.07, 6.45) is 18.6. The quantitative estimate of drug-likeness (QED) is 0.115. The van der Waals surface area contributed by atoms with Gasteiger partial charge in [0.15, 0.2) is 11.5 Å². The van der Waals surface area contributed by atoms with Gasteiger partial charge < -0.3 is 10.2 Å². The van der Waals surface area contributed by atoms with Crippen molar-refractivity contribution < 1.29 is 9.37 Å². The summed E-state index contributed by atoms with van der Waals surface area (Å²) in [6.45, 7) is 12.5. The van der Waals surface area contributed by atoms with Crippen LogP contribution in [0.15, 0.2) is 120 Å². The van der Waals surface area contributed by atoms with E-state index in [0.717, 1.165) is 56.2 Å². The molecule has 0 saturated heterocycles. The Labute approximate surface area is 326 Å². The van der Waals surface area contributed by atoms with Crippen molar-refractivity contribution in [3.8, 4) is 11.4 Å². The highest BCUT2D eigenvalue weighted by Crippen LogP contribution is 2.48. The number of fused-ring (bicyclic) bond motifs is 2. The minimum Gasteiger partial charge on any atom is -0.352 e. The van der Waals surface area contributed by atoms with Gasteiger partial charge in [-0.25, -0.2) is 0 Å². The molecule has 3 heterocycles. The number of rotatable bonds is 12. The van der Waals surface area contributed by atoms with Gasteiger partial charge in [0.2, 0.25) is 17.4 Å². The number of benzene rings is 3. The number of nitrogens with zero attached hydrogens (tertiary/aromatic N) is 6. The van der Waals surface area contributed by atoms with Crippen LogP contribution >= 0.6 is 0 Å². The molecule has 3 aromatic carbocycles. The van der Waals surface area contributed by atoms with E-state index in [1.165, 1.54) is 45.1 Å². The number of amides is 1. The largest absolute Gasteiger partial charge is 0.352 e. The molecule has 8 heteroatoms. The summed E-state index contributed by atoms with van der Waals surface area (Å²) in [4.78, 5) is 15.2. The van der Waals surface area contributed by atoms with Crippen LogP contribution in [0.5, 0.6) is 0 Å². The van der Waals surface area contributed by atoms with Crippen molar-refractivity contribution in [3.63, 3.8) is 0 Å². The third-order valence-corrected chi connectivity index (χ3v) is 11.5. The van der Waals surface area contributed by atoms with Gasteiger partial charge >= 0.3 is 0 Å². The number of para-hydroxylation sites is 2. The molecule has 1 aliphatic carbocycles. The fraction of sp³-hybridized carbons (Fsp3) is 0.362. The van der Waals surface area contributed by atoms with Crippen LogP contribution in [-0.2, 0) is 22.2 Å². The van der Waals surface area contributed by atoms with Crippen LogP contribution < -0.4 is 10.2 Å². The van der Waals surface area contributed by atoms with E-state index < -0.39 is 0 Å². The highest BCUT2D eigenvalue weighted by molar-refractivity contribution is 6.03. The summed E-state index contributed by atoms with van der Waals surface area (Å²) in [7, 11) is 2.19. The zero-order valence-electron chi connectivity index (χ0n) is 33.3. The van der Waals surface area contributed by atoms with Crippen LogP contribution in [0.3, 0.4) is 0 Å².